The second-order valence-electron chi connectivity index (χ2n) is 6.48. The molecule has 0 atom stereocenters. The second-order valence-corrected chi connectivity index (χ2v) is 6.48. The van der Waals surface area contributed by atoms with Gasteiger partial charge in [0.2, 0.25) is 0 Å². The molecule has 2 N–H and O–H groups in total. The van der Waals surface area contributed by atoms with Crippen molar-refractivity contribution in [2.75, 3.05) is 36.5 Å². The van der Waals surface area contributed by atoms with Gasteiger partial charge in [-0.05, 0) is 17.7 Å². The summed E-state index contributed by atoms with van der Waals surface area (Å²) in [6, 6.07) is 9.98. The van der Waals surface area contributed by atoms with Crippen molar-refractivity contribution in [3.63, 3.8) is 0 Å². The molecular weight excluding hydrogens is 340 g/mol. The Labute approximate surface area is 158 Å². The van der Waals surface area contributed by atoms with E-state index in [1.807, 2.05) is 56.0 Å². The van der Waals surface area contributed by atoms with Gasteiger partial charge in [0.15, 0.2) is 0 Å². The molecule has 0 saturated carbocycles. The number of aromatic nitrogens is 3. The minimum atomic E-state index is 0.727. The number of morpholine rings is 1. The first-order valence-electron chi connectivity index (χ1n) is 8.92. The summed E-state index contributed by atoms with van der Waals surface area (Å²) in [5.41, 5.74) is 4.75. The molecule has 0 bridgehead atoms. The highest BCUT2D eigenvalue weighted by Crippen LogP contribution is 2.28. The maximum absolute atomic E-state index is 7.72. The van der Waals surface area contributed by atoms with Gasteiger partial charge in [0.1, 0.15) is 5.82 Å². The first-order chi connectivity index (χ1) is 13.2. The van der Waals surface area contributed by atoms with Crippen molar-refractivity contribution < 1.29 is 4.74 Å². The van der Waals surface area contributed by atoms with Gasteiger partial charge < -0.3 is 20.4 Å². The second kappa shape index (κ2) is 7.59. The number of nitrogens with one attached hydrogen (secondary N) is 2. The molecule has 0 unspecified atom stereocenters. The fraction of sp³-hybridized carbons (Fsp3) is 0.250. The highest BCUT2D eigenvalue weighted by atomic mass is 16.5. The van der Waals surface area contributed by atoms with E-state index in [9.17, 15) is 0 Å². The summed E-state index contributed by atoms with van der Waals surface area (Å²) in [6.07, 6.45) is 6.99. The first kappa shape index (κ1) is 17.2. The van der Waals surface area contributed by atoms with E-state index < -0.39 is 0 Å². The lowest BCUT2D eigenvalue weighted by atomic mass is 10.1. The minimum absolute atomic E-state index is 0.727. The van der Waals surface area contributed by atoms with Crippen LogP contribution in [0.2, 0.25) is 0 Å². The lowest BCUT2D eigenvalue weighted by Crippen LogP contribution is -2.36. The predicted octanol–water partition coefficient (Wildman–Crippen LogP) is 3.06. The Hall–Kier alpha value is -3.19. The van der Waals surface area contributed by atoms with Gasteiger partial charge in [0.25, 0.3) is 0 Å². The zero-order valence-electron chi connectivity index (χ0n) is 15.2. The van der Waals surface area contributed by atoms with Crippen LogP contribution in [0, 0.1) is 5.41 Å². The van der Waals surface area contributed by atoms with Gasteiger partial charge in [-0.1, -0.05) is 12.1 Å². The van der Waals surface area contributed by atoms with Crippen LogP contribution in [0.5, 0.6) is 0 Å². The minimum Gasteiger partial charge on any atom is -0.378 e. The van der Waals surface area contributed by atoms with Gasteiger partial charge in [-0.3, -0.25) is 4.68 Å². The number of nitrogens with zero attached hydrogens (tertiary/aromatic N) is 4. The molecule has 0 spiro atoms. The quantitative estimate of drug-likeness (QED) is 0.682. The molecule has 2 aromatic heterocycles. The van der Waals surface area contributed by atoms with Crippen molar-refractivity contribution in [2.24, 2.45) is 7.05 Å². The highest BCUT2D eigenvalue weighted by Gasteiger charge is 2.13. The van der Waals surface area contributed by atoms with Crippen molar-refractivity contribution in [1.29, 1.82) is 5.41 Å². The number of benzene rings is 1. The van der Waals surface area contributed by atoms with E-state index >= 15 is 0 Å². The van der Waals surface area contributed by atoms with Gasteiger partial charge in [-0.15, -0.1) is 0 Å². The highest BCUT2D eigenvalue weighted by molar-refractivity contribution is 5.89. The molecule has 138 valence electrons. The van der Waals surface area contributed by atoms with Crippen LogP contribution in [0.15, 0.2) is 48.9 Å². The largest absolute Gasteiger partial charge is 0.378 e. The Morgan fingerprint density at radius 2 is 2.00 bits per heavy atom. The molecule has 0 aliphatic carbocycles. The Morgan fingerprint density at radius 3 is 2.74 bits per heavy atom. The average molecular weight is 362 g/mol. The van der Waals surface area contributed by atoms with Crippen molar-refractivity contribution in [2.45, 2.75) is 0 Å². The molecule has 3 heterocycles. The molecule has 7 nitrogen and oxygen atoms in total. The molecule has 27 heavy (non-hydrogen) atoms. The fourth-order valence-electron chi connectivity index (χ4n) is 3.16. The summed E-state index contributed by atoms with van der Waals surface area (Å²) in [5.74, 6) is 0.933. The average Bonchev–Trinajstić information content (AvgIpc) is 3.15. The Kier molecular flexibility index (Phi) is 4.84. The molecular formula is C20H22N6O. The zero-order chi connectivity index (χ0) is 18.6. The van der Waals surface area contributed by atoms with Crippen molar-refractivity contribution >= 4 is 23.4 Å². The predicted molar refractivity (Wildman–Crippen MR) is 107 cm³/mol. The molecule has 0 radical (unpaired) electrons. The van der Waals surface area contributed by atoms with E-state index in [-0.39, 0.29) is 0 Å². The molecule has 1 aromatic carbocycles. The van der Waals surface area contributed by atoms with E-state index in [4.69, 9.17) is 10.1 Å². The molecule has 3 aromatic rings. The maximum atomic E-state index is 7.72. The summed E-state index contributed by atoms with van der Waals surface area (Å²) >= 11 is 0. The van der Waals surface area contributed by atoms with Crippen LogP contribution >= 0.6 is 0 Å². The Balaban J connectivity index is 1.62. The maximum Gasteiger partial charge on any atom is 0.130 e. The molecule has 0 amide bonds. The van der Waals surface area contributed by atoms with Crippen LogP contribution in [0.3, 0.4) is 0 Å². The van der Waals surface area contributed by atoms with E-state index in [2.05, 4.69) is 20.3 Å². The molecule has 4 rings (SSSR count). The summed E-state index contributed by atoms with van der Waals surface area (Å²) in [5, 5.41) is 15.4. The van der Waals surface area contributed by atoms with Gasteiger partial charge in [-0.25, -0.2) is 4.98 Å². The van der Waals surface area contributed by atoms with Gasteiger partial charge >= 0.3 is 0 Å². The van der Waals surface area contributed by atoms with Crippen LogP contribution in [0.25, 0.3) is 11.1 Å². The Bertz CT molecular complexity index is 945. The number of pyridine rings is 1. The van der Waals surface area contributed by atoms with Gasteiger partial charge in [0, 0.05) is 67.3 Å². The third kappa shape index (κ3) is 3.83. The van der Waals surface area contributed by atoms with E-state index in [0.717, 1.165) is 60.2 Å². The zero-order valence-corrected chi connectivity index (χ0v) is 15.2. The van der Waals surface area contributed by atoms with Crippen LogP contribution < -0.4 is 10.2 Å². The molecule has 7 heteroatoms. The number of ether oxygens (including phenoxy) is 1. The molecule has 1 fully saturated rings. The van der Waals surface area contributed by atoms with Crippen molar-refractivity contribution in [3.8, 4) is 11.1 Å². The van der Waals surface area contributed by atoms with Crippen LogP contribution in [-0.2, 0) is 11.8 Å². The standard InChI is InChI=1S/C20H22N6O/c1-25-14-17(13-23-25)15-2-3-16(12-21)19(10-15)24-18-4-5-22-20(11-18)26-6-8-27-9-7-26/h2-5,10-14,21H,6-9H2,1H3,(H,22,24). The van der Waals surface area contributed by atoms with Gasteiger partial charge in [0.05, 0.1) is 19.4 Å². The Morgan fingerprint density at radius 1 is 1.15 bits per heavy atom. The van der Waals surface area contributed by atoms with E-state index in [1.165, 1.54) is 6.21 Å². The number of rotatable bonds is 5. The summed E-state index contributed by atoms with van der Waals surface area (Å²) < 4.78 is 7.20. The van der Waals surface area contributed by atoms with Gasteiger partial charge in [-0.2, -0.15) is 5.10 Å². The van der Waals surface area contributed by atoms with Crippen LogP contribution in [-0.4, -0.2) is 47.3 Å². The monoisotopic (exact) mass is 362 g/mol. The molecule has 1 aliphatic heterocycles. The molecule has 1 aliphatic rings. The third-order valence-corrected chi connectivity index (χ3v) is 4.61. The number of hydrogen-bond donors (Lipinski definition) is 2. The first-order valence-corrected chi connectivity index (χ1v) is 8.92. The normalized spacial score (nSPS) is 14.2. The number of aryl methyl sites for hydroxylation is 1. The van der Waals surface area contributed by atoms with Crippen LogP contribution in [0.4, 0.5) is 17.2 Å². The van der Waals surface area contributed by atoms with E-state index in [0.29, 0.717) is 0 Å². The number of anilines is 3. The summed E-state index contributed by atoms with van der Waals surface area (Å²) in [4.78, 5) is 6.71. The summed E-state index contributed by atoms with van der Waals surface area (Å²) in [7, 11) is 1.90. The third-order valence-electron chi connectivity index (χ3n) is 4.61. The topological polar surface area (TPSA) is 79.1 Å². The van der Waals surface area contributed by atoms with Crippen molar-refractivity contribution in [3.05, 3.63) is 54.5 Å². The molecule has 1 saturated heterocycles. The fourth-order valence-corrected chi connectivity index (χ4v) is 3.16. The summed E-state index contributed by atoms with van der Waals surface area (Å²) in [6.45, 7) is 3.15. The van der Waals surface area contributed by atoms with Crippen LogP contribution in [0.1, 0.15) is 5.56 Å². The smallest absolute Gasteiger partial charge is 0.130 e. The lowest BCUT2D eigenvalue weighted by Gasteiger charge is -2.28. The lowest BCUT2D eigenvalue weighted by molar-refractivity contribution is 0.122. The number of hydrogen-bond acceptors (Lipinski definition) is 6. The SMILES string of the molecule is Cn1cc(-c2ccc(C=N)c(Nc3ccnc(N4CCOCC4)c3)c2)cn1. The van der Waals surface area contributed by atoms with Crippen molar-refractivity contribution in [1.82, 2.24) is 14.8 Å². The van der Waals surface area contributed by atoms with E-state index in [1.54, 1.807) is 4.68 Å².